The normalized spacial score (nSPS) is 11.3. The van der Waals surface area contributed by atoms with Crippen LogP contribution in [-0.2, 0) is 42.3 Å². The smallest absolute Gasteiger partial charge is 0.229 e. The lowest BCUT2D eigenvalue weighted by Gasteiger charge is -2.09. The largest absolute Gasteiger partial charge is 0.316 e. The van der Waals surface area contributed by atoms with Crippen LogP contribution in [0.5, 0.6) is 0 Å². The average molecular weight is 1620 g/mol. The molecule has 5 aromatic carbocycles. The van der Waals surface area contributed by atoms with E-state index in [0.717, 1.165) is 0 Å². The van der Waals surface area contributed by atoms with Crippen molar-refractivity contribution in [3.8, 4) is 67.8 Å². The Labute approximate surface area is 724 Å². The van der Waals surface area contributed by atoms with Gasteiger partial charge in [-0.3, -0.25) is 0 Å². The maximum atomic E-state index is 2.36. The first-order chi connectivity index (χ1) is 60.3. The summed E-state index contributed by atoms with van der Waals surface area (Å²) in [5.41, 5.74) is 39.2. The lowest BCUT2D eigenvalue weighted by Crippen LogP contribution is -2.31. The van der Waals surface area contributed by atoms with Gasteiger partial charge in [-0.15, -0.1) is 0 Å². The number of fused-ring (bicyclic) bond motifs is 16. The molecule has 0 spiro atoms. The van der Waals surface area contributed by atoms with Gasteiger partial charge in [0, 0.05) is 163 Å². The molecule has 0 aliphatic heterocycles. The van der Waals surface area contributed by atoms with Crippen LogP contribution in [0.2, 0.25) is 0 Å². The predicted molar refractivity (Wildman–Crippen MR) is 509 cm³/mol. The maximum absolute atomic E-state index is 2.36. The number of para-hydroxylation sites is 5. The van der Waals surface area contributed by atoms with Gasteiger partial charge in [-0.1, -0.05) is 103 Å². The fraction of sp³-hybridized carbons (Fsp3) is 0.125. The van der Waals surface area contributed by atoms with E-state index in [1.165, 1.54) is 200 Å². The number of aromatic nitrogens is 12. The molecule has 23 aromatic rings. The quantitative estimate of drug-likeness (QED) is 0.149. The van der Waals surface area contributed by atoms with Crippen molar-refractivity contribution in [2.24, 2.45) is 42.3 Å². The molecule has 0 saturated carbocycles. The number of benzene rings is 5. The number of pyridine rings is 12. The van der Waals surface area contributed by atoms with Gasteiger partial charge in [0.25, 0.3) is 0 Å². The highest BCUT2D eigenvalue weighted by Crippen LogP contribution is 2.35. The minimum absolute atomic E-state index is 1.22. The molecule has 0 radical (unpaired) electrons. The SMILES string of the molecule is Cc1c(-c2cccc[n+]2C)ccc2cc3ccccc3n12.Cc1c(-c2cccc[n+]2C)ccn2c1cc1ccccc12.Cc1cc2cc3ccccc3n2cc1-c1cccc[n+]1C.Cc1cc[n+](C)c(-c2c(C)cc3cccc(C)n23)c1.Cc1ccc2cc3ccccc3n2c1-c1cccc[n+]1C.Cc1cn2c(cc1-c1cccc[n+]1C)cc1ccccc12. The third-order valence-electron chi connectivity index (χ3n) is 24.6. The lowest BCUT2D eigenvalue weighted by atomic mass is 10.1. The van der Waals surface area contributed by atoms with Crippen LogP contribution in [-0.4, -0.2) is 26.4 Å². The van der Waals surface area contributed by atoms with E-state index in [1.807, 2.05) is 0 Å². The molecule has 23 rings (SSSR count). The standard InChI is InChI=1S/5C19H17N2.C17H19N2/c1-14-17(19-9-5-6-12-20(19)2)11-10-16-13-15-7-3-4-8-18(15)21(14)16;1-14-10-11-16-13-15-7-3-4-8-17(15)21(16)19(14)18-9-5-6-12-20(18)2;1-14-16(18-9-5-6-11-20(18)2)10-12-21-17-8-4-3-7-15(17)13-19(14)21;1-14-13-21-16(11-15-7-3-4-8-18(15)21)12-17(14)19-9-5-6-10-20(19)2;1-14-11-16-12-15-7-3-4-8-18(15)21(16)13-17(14)19-9-5-6-10-20(19)2;1-12-8-9-18(4)16(10-12)17-13(2)11-15-7-5-6-14(3)19(15)17/h5*3-13H,1-2H3;5-11H,1-4H3/q6*+1. The van der Waals surface area contributed by atoms with E-state index >= 15 is 0 Å². The zero-order chi connectivity index (χ0) is 85.6. The van der Waals surface area contributed by atoms with Gasteiger partial charge in [-0.25, -0.2) is 18.3 Å². The predicted octanol–water partition coefficient (Wildman–Crippen LogP) is 22.8. The third-order valence-corrected chi connectivity index (χ3v) is 24.6. The van der Waals surface area contributed by atoms with Crippen LogP contribution in [0.25, 0.3) is 155 Å². The first-order valence-electron chi connectivity index (χ1n) is 42.6. The first kappa shape index (κ1) is 79.9. The van der Waals surface area contributed by atoms with E-state index in [2.05, 4.69) is 529 Å². The fourth-order valence-electron chi connectivity index (χ4n) is 18.2. The zero-order valence-electron chi connectivity index (χ0n) is 73.2. The van der Waals surface area contributed by atoms with E-state index in [-0.39, 0.29) is 0 Å². The second-order valence-corrected chi connectivity index (χ2v) is 33.0. The molecule has 0 atom stereocenters. The molecule has 0 aliphatic rings. The Hall–Kier alpha value is -15.1. The monoisotopic (exact) mass is 1620 g/mol. The number of rotatable bonds is 6. The van der Waals surface area contributed by atoms with E-state index in [4.69, 9.17) is 0 Å². The maximum Gasteiger partial charge on any atom is 0.229 e. The van der Waals surface area contributed by atoms with Crippen LogP contribution in [0.3, 0.4) is 0 Å². The van der Waals surface area contributed by atoms with Gasteiger partial charge in [0.1, 0.15) is 53.7 Å². The van der Waals surface area contributed by atoms with Crippen molar-refractivity contribution < 1.29 is 27.4 Å². The van der Waals surface area contributed by atoms with Crippen LogP contribution in [0.1, 0.15) is 44.8 Å². The van der Waals surface area contributed by atoms with E-state index in [9.17, 15) is 0 Å². The van der Waals surface area contributed by atoms with Crippen LogP contribution < -0.4 is 27.4 Å². The molecule has 606 valence electrons. The zero-order valence-corrected chi connectivity index (χ0v) is 73.2. The van der Waals surface area contributed by atoms with Gasteiger partial charge in [0.2, 0.25) is 34.2 Å². The van der Waals surface area contributed by atoms with Gasteiger partial charge >= 0.3 is 0 Å². The molecule has 0 bridgehead atoms. The summed E-state index contributed by atoms with van der Waals surface area (Å²) >= 11 is 0. The summed E-state index contributed by atoms with van der Waals surface area (Å²) in [6, 6.07) is 114. The highest BCUT2D eigenvalue weighted by molar-refractivity contribution is 5.94. The second kappa shape index (κ2) is 33.8. The fourth-order valence-corrected chi connectivity index (χ4v) is 18.2. The molecule has 12 nitrogen and oxygen atoms in total. The van der Waals surface area contributed by atoms with Gasteiger partial charge in [-0.05, 0) is 234 Å². The first-order valence-corrected chi connectivity index (χ1v) is 42.6. The molecule has 0 amide bonds. The van der Waals surface area contributed by atoms with Crippen LogP contribution in [0, 0.1) is 55.4 Å². The molecule has 0 aliphatic carbocycles. The van der Waals surface area contributed by atoms with Crippen molar-refractivity contribution in [2.75, 3.05) is 0 Å². The van der Waals surface area contributed by atoms with Gasteiger partial charge in [0.15, 0.2) is 37.2 Å². The number of aryl methyl sites for hydroxylation is 14. The summed E-state index contributed by atoms with van der Waals surface area (Å²) in [4.78, 5) is 0. The topological polar surface area (TPSA) is 49.7 Å². The van der Waals surface area contributed by atoms with Crippen molar-refractivity contribution in [2.45, 2.75) is 55.4 Å². The Bertz CT molecular complexity index is 7900. The summed E-state index contributed by atoms with van der Waals surface area (Å²) in [6.07, 6.45) is 19.2. The van der Waals surface area contributed by atoms with Crippen molar-refractivity contribution >= 4 is 87.6 Å². The van der Waals surface area contributed by atoms with Crippen molar-refractivity contribution in [1.29, 1.82) is 0 Å². The Morgan fingerprint density at radius 3 is 1.19 bits per heavy atom. The van der Waals surface area contributed by atoms with E-state index in [1.54, 1.807) is 0 Å². The lowest BCUT2D eigenvalue weighted by molar-refractivity contribution is -0.660. The highest BCUT2D eigenvalue weighted by atomic mass is 15.0. The van der Waals surface area contributed by atoms with Crippen molar-refractivity contribution in [3.05, 3.63) is 422 Å². The van der Waals surface area contributed by atoms with Gasteiger partial charge in [0.05, 0.1) is 49.8 Å². The van der Waals surface area contributed by atoms with Crippen molar-refractivity contribution in [3.63, 3.8) is 0 Å². The summed E-state index contributed by atoms with van der Waals surface area (Å²) in [5, 5.41) is 6.42. The Balaban J connectivity index is 0.000000101. The molecule has 18 heterocycles. The molecule has 124 heavy (non-hydrogen) atoms. The molecule has 0 saturated heterocycles. The summed E-state index contributed by atoms with van der Waals surface area (Å²) in [6.45, 7) is 17.4. The molecular formula is C112H104N12+6. The van der Waals surface area contributed by atoms with E-state index < -0.39 is 0 Å². The Morgan fingerprint density at radius 2 is 0.629 bits per heavy atom. The minimum Gasteiger partial charge on any atom is -0.316 e. The Morgan fingerprint density at radius 1 is 0.218 bits per heavy atom. The number of hydrogen-bond donors (Lipinski definition) is 0. The average Bonchev–Trinajstić information content (AvgIpc) is 1.63. The second-order valence-electron chi connectivity index (χ2n) is 33.0. The van der Waals surface area contributed by atoms with Crippen LogP contribution in [0.15, 0.2) is 377 Å². The Kier molecular flexibility index (Phi) is 21.8. The third kappa shape index (κ3) is 15.2. The molecule has 0 N–H and O–H groups in total. The number of nitrogens with zero attached hydrogens (tertiary/aromatic N) is 12. The number of hydrogen-bond acceptors (Lipinski definition) is 0. The molecule has 0 fully saturated rings. The molecule has 12 heteroatoms. The highest BCUT2D eigenvalue weighted by Gasteiger charge is 2.23. The summed E-state index contributed by atoms with van der Waals surface area (Å²) < 4.78 is 26.9. The van der Waals surface area contributed by atoms with Gasteiger partial charge < -0.3 is 26.4 Å². The molecular weight excluding hydrogens is 1510 g/mol. The van der Waals surface area contributed by atoms with Gasteiger partial charge in [-0.2, -0.15) is 9.13 Å². The van der Waals surface area contributed by atoms with Crippen LogP contribution in [0.4, 0.5) is 0 Å². The van der Waals surface area contributed by atoms with Crippen LogP contribution >= 0.6 is 0 Å². The molecule has 0 unspecified atom stereocenters. The summed E-state index contributed by atoms with van der Waals surface area (Å²) in [7, 11) is 12.6. The van der Waals surface area contributed by atoms with Crippen molar-refractivity contribution in [1.82, 2.24) is 26.4 Å². The van der Waals surface area contributed by atoms with E-state index in [0.29, 0.717) is 0 Å². The summed E-state index contributed by atoms with van der Waals surface area (Å²) in [5.74, 6) is 0. The minimum atomic E-state index is 1.22. The molecule has 18 aromatic heterocycles.